The molecule has 0 saturated carbocycles. The molecule has 104 valence electrons. The number of hydrogen-bond donors (Lipinski definition) is 2. The first kappa shape index (κ1) is 14.3. The van der Waals surface area contributed by atoms with Crippen molar-refractivity contribution in [1.29, 1.82) is 0 Å². The molecule has 9 heteroatoms. The number of benzene rings is 1. The molecule has 1 aromatic carbocycles. The van der Waals surface area contributed by atoms with Gasteiger partial charge >= 0.3 is 0 Å². The molecule has 0 aliphatic rings. The van der Waals surface area contributed by atoms with Crippen molar-refractivity contribution in [3.63, 3.8) is 0 Å². The van der Waals surface area contributed by atoms with Crippen molar-refractivity contribution < 1.29 is 18.6 Å². The number of likely N-dealkylation sites (N-methyl/N-ethyl adjacent to an activating group) is 1. The summed E-state index contributed by atoms with van der Waals surface area (Å²) in [6.07, 6.45) is -1.12. The van der Waals surface area contributed by atoms with Gasteiger partial charge in [0.2, 0.25) is 10.0 Å². The number of sulfonamides is 1. The van der Waals surface area contributed by atoms with E-state index in [0.717, 1.165) is 16.0 Å². The van der Waals surface area contributed by atoms with E-state index in [4.69, 9.17) is 5.11 Å². The summed E-state index contributed by atoms with van der Waals surface area (Å²) in [4.78, 5) is 0.0476. The van der Waals surface area contributed by atoms with Crippen molar-refractivity contribution in [3.05, 3.63) is 18.2 Å². The van der Waals surface area contributed by atoms with Gasteiger partial charge in [0.25, 0.3) is 0 Å². The highest BCUT2D eigenvalue weighted by Gasteiger charge is 2.26. The SMILES string of the molecule is CN(CC(O)CO)S(=O)(=O)c1cccc2nsnc12. The number of aliphatic hydroxyl groups excluding tert-OH is 2. The lowest BCUT2D eigenvalue weighted by Crippen LogP contribution is -2.35. The zero-order valence-electron chi connectivity index (χ0n) is 10.1. The fourth-order valence-electron chi connectivity index (χ4n) is 1.61. The smallest absolute Gasteiger partial charge is 0.245 e. The Morgan fingerprint density at radius 2 is 2.16 bits per heavy atom. The molecule has 0 fully saturated rings. The molecule has 19 heavy (non-hydrogen) atoms. The number of nitrogens with zero attached hydrogens (tertiary/aromatic N) is 3. The third-order valence-electron chi connectivity index (χ3n) is 2.62. The van der Waals surface area contributed by atoms with E-state index in [0.29, 0.717) is 11.0 Å². The molecular formula is C10H13N3O4S2. The van der Waals surface area contributed by atoms with Crippen LogP contribution in [0.25, 0.3) is 11.0 Å². The fourth-order valence-corrected chi connectivity index (χ4v) is 3.57. The molecule has 1 unspecified atom stereocenters. The summed E-state index contributed by atoms with van der Waals surface area (Å²) in [6, 6.07) is 4.72. The quantitative estimate of drug-likeness (QED) is 0.783. The van der Waals surface area contributed by atoms with E-state index in [2.05, 4.69) is 8.75 Å². The van der Waals surface area contributed by atoms with Gasteiger partial charge in [0.15, 0.2) is 0 Å². The zero-order chi connectivity index (χ0) is 14.0. The molecule has 0 spiro atoms. The first-order chi connectivity index (χ1) is 8.96. The molecule has 0 bridgehead atoms. The van der Waals surface area contributed by atoms with Crippen molar-refractivity contribution in [3.8, 4) is 0 Å². The van der Waals surface area contributed by atoms with E-state index in [1.807, 2.05) is 0 Å². The largest absolute Gasteiger partial charge is 0.394 e. The van der Waals surface area contributed by atoms with Crippen LogP contribution in [-0.2, 0) is 10.0 Å². The molecule has 2 aromatic rings. The minimum Gasteiger partial charge on any atom is -0.394 e. The molecule has 0 aliphatic heterocycles. The summed E-state index contributed by atoms with van der Waals surface area (Å²) >= 11 is 0.941. The van der Waals surface area contributed by atoms with Crippen molar-refractivity contribution in [1.82, 2.24) is 13.1 Å². The summed E-state index contributed by atoms with van der Waals surface area (Å²) in [7, 11) is -2.43. The Hall–Kier alpha value is -1.13. The minimum atomic E-state index is -3.77. The molecule has 1 atom stereocenters. The highest BCUT2D eigenvalue weighted by atomic mass is 32.2. The average Bonchev–Trinajstić information content (AvgIpc) is 2.86. The van der Waals surface area contributed by atoms with Crippen molar-refractivity contribution in [2.75, 3.05) is 20.2 Å². The molecule has 7 nitrogen and oxygen atoms in total. The third kappa shape index (κ3) is 2.74. The average molecular weight is 303 g/mol. The van der Waals surface area contributed by atoms with Crippen LogP contribution < -0.4 is 0 Å². The molecule has 0 amide bonds. The Labute approximate surface area is 114 Å². The van der Waals surface area contributed by atoms with E-state index >= 15 is 0 Å². The maximum Gasteiger partial charge on any atom is 0.245 e. The Kier molecular flexibility index (Phi) is 4.11. The van der Waals surface area contributed by atoms with Crippen LogP contribution in [0.4, 0.5) is 0 Å². The second-order valence-electron chi connectivity index (χ2n) is 4.01. The second kappa shape index (κ2) is 5.47. The van der Waals surface area contributed by atoms with Gasteiger partial charge in [-0.2, -0.15) is 13.1 Å². The lowest BCUT2D eigenvalue weighted by Gasteiger charge is -2.19. The van der Waals surface area contributed by atoms with Gasteiger partial charge < -0.3 is 10.2 Å². The van der Waals surface area contributed by atoms with Gasteiger partial charge in [0.05, 0.1) is 24.4 Å². The van der Waals surface area contributed by atoms with Gasteiger partial charge in [-0.3, -0.25) is 0 Å². The topological polar surface area (TPSA) is 104 Å². The number of aromatic nitrogens is 2. The summed E-state index contributed by atoms with van der Waals surface area (Å²) < 4.78 is 33.7. The summed E-state index contributed by atoms with van der Waals surface area (Å²) in [6.45, 7) is -0.685. The Balaban J connectivity index is 2.41. The van der Waals surface area contributed by atoms with Gasteiger partial charge in [-0.25, -0.2) is 8.42 Å². The predicted octanol–water partition coefficient (Wildman–Crippen LogP) is -0.335. The van der Waals surface area contributed by atoms with Gasteiger partial charge in [0, 0.05) is 13.6 Å². The molecule has 0 radical (unpaired) electrons. The second-order valence-corrected chi connectivity index (χ2v) is 6.55. The molecule has 0 aliphatic carbocycles. The van der Waals surface area contributed by atoms with Crippen molar-refractivity contribution in [2.24, 2.45) is 0 Å². The lowest BCUT2D eigenvalue weighted by atomic mass is 10.3. The van der Waals surface area contributed by atoms with Crippen LogP contribution in [0.1, 0.15) is 0 Å². The van der Waals surface area contributed by atoms with E-state index in [9.17, 15) is 13.5 Å². The molecule has 1 aromatic heterocycles. The molecular weight excluding hydrogens is 290 g/mol. The van der Waals surface area contributed by atoms with Gasteiger partial charge in [-0.05, 0) is 12.1 Å². The molecule has 1 heterocycles. The van der Waals surface area contributed by atoms with E-state index < -0.39 is 22.7 Å². The van der Waals surface area contributed by atoms with E-state index in [-0.39, 0.29) is 11.4 Å². The van der Waals surface area contributed by atoms with Gasteiger partial charge in [-0.15, -0.1) is 0 Å². The first-order valence-corrected chi connectivity index (χ1v) is 7.60. The zero-order valence-corrected chi connectivity index (χ0v) is 11.7. The van der Waals surface area contributed by atoms with Crippen molar-refractivity contribution in [2.45, 2.75) is 11.0 Å². The Morgan fingerprint density at radius 1 is 1.42 bits per heavy atom. The Bertz CT molecular complexity index is 670. The number of aliphatic hydroxyl groups is 2. The van der Waals surface area contributed by atoms with Crippen LogP contribution in [-0.4, -0.2) is 58.0 Å². The van der Waals surface area contributed by atoms with Crippen LogP contribution in [0.2, 0.25) is 0 Å². The third-order valence-corrected chi connectivity index (χ3v) is 5.01. The highest BCUT2D eigenvalue weighted by Crippen LogP contribution is 2.23. The van der Waals surface area contributed by atoms with E-state index in [1.165, 1.54) is 13.1 Å². The summed E-state index contributed by atoms with van der Waals surface area (Å²) in [5.41, 5.74) is 0.833. The number of hydrogen-bond acceptors (Lipinski definition) is 7. The minimum absolute atomic E-state index is 0.0476. The molecule has 2 rings (SSSR count). The van der Waals surface area contributed by atoms with Crippen LogP contribution in [0.15, 0.2) is 23.1 Å². The van der Waals surface area contributed by atoms with Crippen LogP contribution in [0.3, 0.4) is 0 Å². The van der Waals surface area contributed by atoms with Gasteiger partial charge in [0.1, 0.15) is 15.9 Å². The maximum absolute atomic E-state index is 12.4. The fraction of sp³-hybridized carbons (Fsp3) is 0.400. The standard InChI is InChI=1S/C10H13N3O4S2/c1-13(5-7(15)6-14)19(16,17)9-4-2-3-8-10(9)12-18-11-8/h2-4,7,14-15H,5-6H2,1H3. The van der Waals surface area contributed by atoms with Crippen molar-refractivity contribution >= 4 is 32.8 Å². The monoisotopic (exact) mass is 303 g/mol. The highest BCUT2D eigenvalue weighted by molar-refractivity contribution is 7.89. The Morgan fingerprint density at radius 3 is 2.84 bits per heavy atom. The molecule has 2 N–H and O–H groups in total. The van der Waals surface area contributed by atoms with Gasteiger partial charge in [-0.1, -0.05) is 6.07 Å². The summed E-state index contributed by atoms with van der Waals surface area (Å²) in [5.74, 6) is 0. The summed E-state index contributed by atoms with van der Waals surface area (Å²) in [5, 5.41) is 18.1. The number of rotatable bonds is 5. The van der Waals surface area contributed by atoms with Crippen LogP contribution in [0, 0.1) is 0 Å². The van der Waals surface area contributed by atoms with Crippen LogP contribution >= 0.6 is 11.7 Å². The normalized spacial score (nSPS) is 14.1. The molecule has 0 saturated heterocycles. The maximum atomic E-state index is 12.4. The van der Waals surface area contributed by atoms with E-state index in [1.54, 1.807) is 12.1 Å². The first-order valence-electron chi connectivity index (χ1n) is 5.43. The van der Waals surface area contributed by atoms with Crippen LogP contribution in [0.5, 0.6) is 0 Å². The lowest BCUT2D eigenvalue weighted by molar-refractivity contribution is 0.0826. The predicted molar refractivity (Wildman–Crippen MR) is 70.3 cm³/mol. The number of fused-ring (bicyclic) bond motifs is 1.